The van der Waals surface area contributed by atoms with Gasteiger partial charge in [0, 0.05) is 34.1 Å². The maximum absolute atomic E-state index is 2.66. The Morgan fingerprint density at radius 2 is 0.823 bits per heavy atom. The second-order valence-corrected chi connectivity index (χ2v) is 22.6. The second kappa shape index (κ2) is 12.9. The van der Waals surface area contributed by atoms with Crippen molar-refractivity contribution in [2.75, 3.05) is 9.80 Å². The molecular weight excluding hydrogens is 746 g/mol. The first-order chi connectivity index (χ1) is 29.3. The van der Waals surface area contributed by atoms with Gasteiger partial charge in [-0.1, -0.05) is 185 Å². The van der Waals surface area contributed by atoms with Crippen molar-refractivity contribution in [2.45, 2.75) is 105 Å². The van der Waals surface area contributed by atoms with Gasteiger partial charge in [0.1, 0.15) is 0 Å². The van der Waals surface area contributed by atoms with Crippen LogP contribution in [0, 0.1) is 0 Å². The van der Waals surface area contributed by atoms with Gasteiger partial charge in [0.2, 0.25) is 13.4 Å². The summed E-state index contributed by atoms with van der Waals surface area (Å²) >= 11 is 0. The van der Waals surface area contributed by atoms with Crippen molar-refractivity contribution in [1.82, 2.24) is 0 Å². The van der Waals surface area contributed by atoms with Crippen molar-refractivity contribution in [1.29, 1.82) is 0 Å². The van der Waals surface area contributed by atoms with Crippen LogP contribution in [0.5, 0.6) is 0 Å². The average Bonchev–Trinajstić information content (AvgIpc) is 3.74. The molecule has 0 atom stereocenters. The predicted molar refractivity (Wildman–Crippen MR) is 271 cm³/mol. The van der Waals surface area contributed by atoms with Crippen molar-refractivity contribution in [3.05, 3.63) is 156 Å². The van der Waals surface area contributed by atoms with Gasteiger partial charge >= 0.3 is 0 Å². The van der Waals surface area contributed by atoms with Gasteiger partial charge in [-0.05, 0) is 130 Å². The number of hydrogen-bond acceptors (Lipinski definition) is 2. The van der Waals surface area contributed by atoms with Crippen molar-refractivity contribution in [3.8, 4) is 22.3 Å². The molecule has 0 bridgehead atoms. The smallest absolute Gasteiger partial charge is 0.248 e. The fraction of sp³-hybridized carbons (Fsp3) is 0.276. The third-order valence-corrected chi connectivity index (χ3v) is 14.5. The van der Waals surface area contributed by atoms with Crippen LogP contribution in [0.25, 0.3) is 22.3 Å². The molecule has 0 aromatic heterocycles. The first-order valence-electron chi connectivity index (χ1n) is 22.8. The summed E-state index contributed by atoms with van der Waals surface area (Å²) in [7, 11) is 0. The fourth-order valence-electron chi connectivity index (χ4n) is 11.4. The number of nitrogens with zero attached hydrogens (tertiary/aromatic N) is 2. The molecule has 4 heterocycles. The van der Waals surface area contributed by atoms with Crippen LogP contribution >= 0.6 is 0 Å². The number of fused-ring (bicyclic) bond motifs is 10. The summed E-state index contributed by atoms with van der Waals surface area (Å²) in [5, 5.41) is 0. The van der Waals surface area contributed by atoms with Crippen LogP contribution in [0.1, 0.15) is 105 Å². The van der Waals surface area contributed by atoms with Gasteiger partial charge in [0.25, 0.3) is 0 Å². The van der Waals surface area contributed by atoms with Gasteiger partial charge in [0.05, 0.1) is 0 Å². The largest absolute Gasteiger partial charge is 0.312 e. The molecule has 62 heavy (non-hydrogen) atoms. The van der Waals surface area contributed by atoms with Crippen LogP contribution in [0.3, 0.4) is 0 Å². The minimum atomic E-state index is -0.228. The topological polar surface area (TPSA) is 6.48 Å². The van der Waals surface area contributed by atoms with Crippen LogP contribution in [0.4, 0.5) is 34.1 Å². The third kappa shape index (κ3) is 5.57. The molecule has 7 aromatic rings. The van der Waals surface area contributed by atoms with Crippen molar-refractivity contribution in [3.63, 3.8) is 0 Å². The first kappa shape index (κ1) is 39.1. The molecule has 0 amide bonds. The fourth-order valence-corrected chi connectivity index (χ4v) is 11.4. The number of benzene rings is 7. The lowest BCUT2D eigenvalue weighted by atomic mass is 9.33. The van der Waals surface area contributed by atoms with Crippen LogP contribution in [-0.4, -0.2) is 13.4 Å². The Balaban J connectivity index is 1.29. The minimum absolute atomic E-state index is 0.0340. The van der Waals surface area contributed by atoms with E-state index in [9.17, 15) is 0 Å². The Bertz CT molecular complexity index is 3000. The molecule has 4 aliphatic heterocycles. The summed E-state index contributed by atoms with van der Waals surface area (Å²) < 4.78 is 0. The molecule has 0 N–H and O–H groups in total. The maximum atomic E-state index is 2.66. The lowest BCUT2D eigenvalue weighted by Gasteiger charge is -2.45. The van der Waals surface area contributed by atoms with Crippen molar-refractivity contribution >= 4 is 80.3 Å². The quantitative estimate of drug-likeness (QED) is 0.161. The monoisotopic (exact) mass is 804 g/mol. The molecule has 4 heteroatoms. The molecular formula is C58H58B2N2. The van der Waals surface area contributed by atoms with Crippen LogP contribution in [-0.2, 0) is 21.7 Å². The van der Waals surface area contributed by atoms with Crippen LogP contribution < -0.4 is 42.6 Å². The summed E-state index contributed by atoms with van der Waals surface area (Å²) in [5.74, 6) is 0. The summed E-state index contributed by atoms with van der Waals surface area (Å²) in [5.41, 5.74) is 27.0. The molecule has 4 aliphatic rings. The third-order valence-electron chi connectivity index (χ3n) is 14.5. The van der Waals surface area contributed by atoms with Gasteiger partial charge in [-0.3, -0.25) is 0 Å². The zero-order valence-electron chi connectivity index (χ0n) is 38.8. The molecule has 0 aliphatic carbocycles. The van der Waals surface area contributed by atoms with Crippen molar-refractivity contribution < 1.29 is 0 Å². The molecule has 7 aromatic carbocycles. The standard InChI is InChI=1S/C58H58B2N2/c1-55(2,3)35-23-28-38(29-24-35)61-47-21-16-19-42-43-33-37(57(7,8)9)27-32-45(43)60(52(42)47)53-49(61)34-46-54(50(53)58(10,11)12)62(39-30-25-36(26-31-39)56(4,5)6)48-22-15-18-41-40-17-13-14-20-44(40)59(46)51(41)48/h13-34H,1-12H3. The molecule has 306 valence electrons. The van der Waals surface area contributed by atoms with Gasteiger partial charge in [0.15, 0.2) is 0 Å². The zero-order valence-corrected chi connectivity index (χ0v) is 38.8. The first-order valence-corrected chi connectivity index (χ1v) is 22.8. The van der Waals surface area contributed by atoms with E-state index in [2.05, 4.69) is 226 Å². The van der Waals surface area contributed by atoms with E-state index in [1.54, 1.807) is 0 Å². The molecule has 0 fully saturated rings. The lowest BCUT2D eigenvalue weighted by molar-refractivity contribution is 0.590. The summed E-state index contributed by atoms with van der Waals surface area (Å²) in [6, 6.07) is 52.3. The van der Waals surface area contributed by atoms with Crippen LogP contribution in [0.15, 0.2) is 133 Å². The highest BCUT2D eigenvalue weighted by Crippen LogP contribution is 2.49. The normalized spacial score (nSPS) is 14.6. The number of anilines is 6. The summed E-state index contributed by atoms with van der Waals surface area (Å²) in [6.07, 6.45) is 0. The highest BCUT2D eigenvalue weighted by molar-refractivity contribution is 7.03. The molecule has 0 radical (unpaired) electrons. The van der Waals surface area contributed by atoms with Gasteiger partial charge in [-0.2, -0.15) is 0 Å². The van der Waals surface area contributed by atoms with E-state index in [0.29, 0.717) is 0 Å². The summed E-state index contributed by atoms with van der Waals surface area (Å²) in [4.78, 5) is 5.29. The Morgan fingerprint density at radius 3 is 1.40 bits per heavy atom. The Hall–Kier alpha value is -5.73. The zero-order chi connectivity index (χ0) is 43.4. The van der Waals surface area contributed by atoms with E-state index in [1.165, 1.54) is 111 Å². The highest BCUT2D eigenvalue weighted by atomic mass is 15.2. The van der Waals surface area contributed by atoms with E-state index in [-0.39, 0.29) is 35.1 Å². The predicted octanol–water partition coefficient (Wildman–Crippen LogP) is 11.4. The average molecular weight is 805 g/mol. The molecule has 2 nitrogen and oxygen atoms in total. The van der Waals surface area contributed by atoms with E-state index < -0.39 is 0 Å². The van der Waals surface area contributed by atoms with Gasteiger partial charge in [-0.15, -0.1) is 0 Å². The van der Waals surface area contributed by atoms with Crippen LogP contribution in [0.2, 0.25) is 0 Å². The number of rotatable bonds is 2. The Labute approximate surface area is 371 Å². The second-order valence-electron chi connectivity index (χ2n) is 22.6. The number of hydrogen-bond donors (Lipinski definition) is 0. The maximum Gasteiger partial charge on any atom is 0.248 e. The van der Waals surface area contributed by atoms with Gasteiger partial charge < -0.3 is 9.80 Å². The minimum Gasteiger partial charge on any atom is -0.312 e. The lowest BCUT2D eigenvalue weighted by Crippen LogP contribution is -2.61. The summed E-state index contributed by atoms with van der Waals surface area (Å²) in [6.45, 7) is 28.5. The Kier molecular flexibility index (Phi) is 8.15. The van der Waals surface area contributed by atoms with E-state index >= 15 is 0 Å². The molecule has 0 unspecified atom stereocenters. The molecule has 0 saturated carbocycles. The molecule has 0 spiro atoms. The van der Waals surface area contributed by atoms with E-state index in [1.807, 2.05) is 0 Å². The van der Waals surface area contributed by atoms with Gasteiger partial charge in [-0.25, -0.2) is 0 Å². The Morgan fingerprint density at radius 1 is 0.339 bits per heavy atom. The highest BCUT2D eigenvalue weighted by Gasteiger charge is 2.50. The molecule has 11 rings (SSSR count). The van der Waals surface area contributed by atoms with E-state index in [0.717, 1.165) is 0 Å². The SMILES string of the molecule is CC(C)(C)c1ccc(N2c3cccc4c3B(c3ccc(C(C)(C)C)cc3-4)c3c2cc2c(c3C(C)(C)C)N(c3ccc(C(C)(C)C)cc3)c3cccc4c3B2c2ccccc2-4)cc1. The molecule has 0 saturated heterocycles. The van der Waals surface area contributed by atoms with Crippen molar-refractivity contribution in [2.24, 2.45) is 0 Å². The van der Waals surface area contributed by atoms with E-state index in [4.69, 9.17) is 0 Å².